The van der Waals surface area contributed by atoms with Crippen molar-refractivity contribution < 1.29 is 0 Å². The quantitative estimate of drug-likeness (QED) is 0.531. The summed E-state index contributed by atoms with van der Waals surface area (Å²) in [6.45, 7) is 0. The van der Waals surface area contributed by atoms with E-state index < -0.39 is 0 Å². The van der Waals surface area contributed by atoms with Crippen LogP contribution >= 0.6 is 11.6 Å². The molecule has 2 aromatic carbocycles. The molecule has 0 radical (unpaired) electrons. The molecule has 4 nitrogen and oxygen atoms in total. The second kappa shape index (κ2) is 4.82. The first-order chi connectivity index (χ1) is 10.3. The lowest BCUT2D eigenvalue weighted by Gasteiger charge is -2.04. The van der Waals surface area contributed by atoms with E-state index in [0.29, 0.717) is 11.7 Å². The molecule has 0 saturated heterocycles. The molecule has 4 rings (SSSR count). The summed E-state index contributed by atoms with van der Waals surface area (Å²) >= 11 is 6.32. The van der Waals surface area contributed by atoms with Crippen molar-refractivity contribution in [2.45, 2.75) is 6.42 Å². The fourth-order valence-electron chi connectivity index (χ4n) is 2.49. The van der Waals surface area contributed by atoms with Gasteiger partial charge in [-0.15, -0.1) is 10.2 Å². The SMILES string of the molecule is Clc1nc2ccccc2c2nnc(Cc3ccccc3)n12. The van der Waals surface area contributed by atoms with Gasteiger partial charge in [0.15, 0.2) is 5.65 Å². The van der Waals surface area contributed by atoms with Crippen LogP contribution in [0.4, 0.5) is 0 Å². The molecule has 4 aromatic rings. The van der Waals surface area contributed by atoms with Gasteiger partial charge >= 0.3 is 0 Å². The molecule has 0 unspecified atom stereocenters. The van der Waals surface area contributed by atoms with E-state index in [1.165, 1.54) is 0 Å². The summed E-state index contributed by atoms with van der Waals surface area (Å²) in [4.78, 5) is 4.43. The van der Waals surface area contributed by atoms with Crippen molar-refractivity contribution in [1.82, 2.24) is 19.6 Å². The monoisotopic (exact) mass is 294 g/mol. The van der Waals surface area contributed by atoms with Crippen molar-refractivity contribution in [3.8, 4) is 0 Å². The summed E-state index contributed by atoms with van der Waals surface area (Å²) in [6.07, 6.45) is 0.668. The Kier molecular flexibility index (Phi) is 2.82. The number of para-hydroxylation sites is 1. The van der Waals surface area contributed by atoms with Gasteiger partial charge in [0, 0.05) is 11.8 Å². The van der Waals surface area contributed by atoms with Crippen molar-refractivity contribution in [2.24, 2.45) is 0 Å². The third-order valence-electron chi connectivity index (χ3n) is 3.48. The van der Waals surface area contributed by atoms with E-state index in [0.717, 1.165) is 27.9 Å². The van der Waals surface area contributed by atoms with Crippen LogP contribution in [0.3, 0.4) is 0 Å². The number of hydrogen-bond acceptors (Lipinski definition) is 3. The summed E-state index contributed by atoms with van der Waals surface area (Å²) < 4.78 is 1.82. The molecule has 0 saturated carbocycles. The highest BCUT2D eigenvalue weighted by Gasteiger charge is 2.13. The molecule has 21 heavy (non-hydrogen) atoms. The summed E-state index contributed by atoms with van der Waals surface area (Å²) in [7, 11) is 0. The molecular weight excluding hydrogens is 284 g/mol. The molecule has 5 heteroatoms. The average Bonchev–Trinajstić information content (AvgIpc) is 2.93. The first-order valence-corrected chi connectivity index (χ1v) is 7.03. The minimum Gasteiger partial charge on any atom is -0.252 e. The molecule has 0 aliphatic heterocycles. The lowest BCUT2D eigenvalue weighted by atomic mass is 10.1. The molecule has 2 aromatic heterocycles. The molecule has 2 heterocycles. The Bertz CT molecular complexity index is 931. The highest BCUT2D eigenvalue weighted by Crippen LogP contribution is 2.22. The lowest BCUT2D eigenvalue weighted by Crippen LogP contribution is -2.00. The van der Waals surface area contributed by atoms with Crippen LogP contribution in [0.5, 0.6) is 0 Å². The minimum absolute atomic E-state index is 0.389. The molecule has 0 aliphatic carbocycles. The number of aromatic nitrogens is 4. The predicted octanol–water partition coefficient (Wildman–Crippen LogP) is 3.52. The zero-order valence-corrected chi connectivity index (χ0v) is 11.8. The Morgan fingerprint density at radius 2 is 1.67 bits per heavy atom. The number of fused-ring (bicyclic) bond motifs is 3. The van der Waals surface area contributed by atoms with Crippen LogP contribution in [0, 0.1) is 0 Å². The van der Waals surface area contributed by atoms with E-state index in [1.807, 2.05) is 46.9 Å². The maximum absolute atomic E-state index is 6.32. The van der Waals surface area contributed by atoms with Crippen molar-refractivity contribution in [3.05, 3.63) is 71.3 Å². The number of halogens is 1. The molecule has 0 aliphatic rings. The highest BCUT2D eigenvalue weighted by molar-refractivity contribution is 6.29. The fraction of sp³-hybridized carbons (Fsp3) is 0.0625. The molecule has 0 N–H and O–H groups in total. The number of benzene rings is 2. The van der Waals surface area contributed by atoms with Crippen LogP contribution in [-0.2, 0) is 6.42 Å². The lowest BCUT2D eigenvalue weighted by molar-refractivity contribution is 0.924. The van der Waals surface area contributed by atoms with Crippen LogP contribution in [0.1, 0.15) is 11.4 Å². The van der Waals surface area contributed by atoms with Crippen LogP contribution in [0.25, 0.3) is 16.6 Å². The van der Waals surface area contributed by atoms with E-state index in [1.54, 1.807) is 0 Å². The standard InChI is InChI=1S/C16H11ClN4/c17-16-18-13-9-5-4-8-12(13)15-20-19-14(21(15)16)10-11-6-2-1-3-7-11/h1-9H,10H2. The van der Waals surface area contributed by atoms with Gasteiger partial charge in [-0.25, -0.2) is 4.98 Å². The molecule has 0 spiro atoms. The van der Waals surface area contributed by atoms with Gasteiger partial charge in [0.05, 0.1) is 5.52 Å². The predicted molar refractivity (Wildman–Crippen MR) is 82.5 cm³/mol. The first kappa shape index (κ1) is 12.3. The van der Waals surface area contributed by atoms with Gasteiger partial charge in [-0.3, -0.25) is 4.40 Å². The van der Waals surface area contributed by atoms with E-state index >= 15 is 0 Å². The topological polar surface area (TPSA) is 43.1 Å². The number of nitrogens with zero attached hydrogens (tertiary/aromatic N) is 4. The average molecular weight is 295 g/mol. The van der Waals surface area contributed by atoms with Gasteiger partial charge in [0.25, 0.3) is 0 Å². The van der Waals surface area contributed by atoms with Crippen molar-refractivity contribution in [2.75, 3.05) is 0 Å². The second-order valence-electron chi connectivity index (χ2n) is 4.84. The third-order valence-corrected chi connectivity index (χ3v) is 3.73. The van der Waals surface area contributed by atoms with Crippen LogP contribution in [0.15, 0.2) is 54.6 Å². The Labute approximate surface area is 126 Å². The Morgan fingerprint density at radius 3 is 2.52 bits per heavy atom. The van der Waals surface area contributed by atoms with Crippen LogP contribution < -0.4 is 0 Å². The molecule has 0 fully saturated rings. The zero-order valence-electron chi connectivity index (χ0n) is 11.1. The highest BCUT2D eigenvalue weighted by atomic mass is 35.5. The minimum atomic E-state index is 0.389. The Hall–Kier alpha value is -2.46. The summed E-state index contributed by atoms with van der Waals surface area (Å²) in [5.41, 5.74) is 2.74. The third kappa shape index (κ3) is 2.04. The Balaban J connectivity index is 1.94. The zero-order chi connectivity index (χ0) is 14.2. The van der Waals surface area contributed by atoms with Crippen molar-refractivity contribution in [3.63, 3.8) is 0 Å². The van der Waals surface area contributed by atoms with Gasteiger partial charge in [-0.2, -0.15) is 0 Å². The van der Waals surface area contributed by atoms with E-state index in [9.17, 15) is 0 Å². The van der Waals surface area contributed by atoms with Gasteiger partial charge in [0.2, 0.25) is 5.28 Å². The van der Waals surface area contributed by atoms with Crippen molar-refractivity contribution in [1.29, 1.82) is 0 Å². The number of hydrogen-bond donors (Lipinski definition) is 0. The molecule has 0 atom stereocenters. The van der Waals surface area contributed by atoms with Gasteiger partial charge in [-0.1, -0.05) is 42.5 Å². The van der Waals surface area contributed by atoms with Gasteiger partial charge in [0.1, 0.15) is 5.82 Å². The fourth-order valence-corrected chi connectivity index (χ4v) is 2.76. The first-order valence-electron chi connectivity index (χ1n) is 6.65. The van der Waals surface area contributed by atoms with Crippen molar-refractivity contribution >= 4 is 28.2 Å². The Morgan fingerprint density at radius 1 is 0.905 bits per heavy atom. The maximum atomic E-state index is 6.32. The molecule has 102 valence electrons. The van der Waals surface area contributed by atoms with E-state index in [2.05, 4.69) is 27.3 Å². The molecule has 0 amide bonds. The number of rotatable bonds is 2. The molecular formula is C16H11ClN4. The largest absolute Gasteiger partial charge is 0.252 e. The second-order valence-corrected chi connectivity index (χ2v) is 5.17. The summed E-state index contributed by atoms with van der Waals surface area (Å²) in [5.74, 6) is 0.791. The summed E-state index contributed by atoms with van der Waals surface area (Å²) in [5, 5.41) is 9.92. The smallest absolute Gasteiger partial charge is 0.210 e. The molecule has 0 bridgehead atoms. The maximum Gasteiger partial charge on any atom is 0.210 e. The van der Waals surface area contributed by atoms with E-state index in [-0.39, 0.29) is 0 Å². The van der Waals surface area contributed by atoms with E-state index in [4.69, 9.17) is 11.6 Å². The normalized spacial score (nSPS) is 11.3. The van der Waals surface area contributed by atoms with Gasteiger partial charge < -0.3 is 0 Å². The van der Waals surface area contributed by atoms with Crippen LogP contribution in [-0.4, -0.2) is 19.6 Å². The van der Waals surface area contributed by atoms with Gasteiger partial charge in [-0.05, 0) is 29.3 Å². The summed E-state index contributed by atoms with van der Waals surface area (Å²) in [6, 6.07) is 17.9. The van der Waals surface area contributed by atoms with Crippen LogP contribution in [0.2, 0.25) is 5.28 Å².